The summed E-state index contributed by atoms with van der Waals surface area (Å²) in [4.78, 5) is 30.2. The molecule has 0 saturated carbocycles. The Bertz CT molecular complexity index is 869. The minimum Gasteiger partial charge on any atom is -0.351 e. The summed E-state index contributed by atoms with van der Waals surface area (Å²) in [5.41, 5.74) is 1.43. The van der Waals surface area contributed by atoms with Crippen LogP contribution in [0.5, 0.6) is 0 Å². The van der Waals surface area contributed by atoms with E-state index in [1.807, 2.05) is 51.9 Å². The molecule has 0 aliphatic carbocycles. The number of amides is 2. The molecular weight excluding hydrogens is 326 g/mol. The number of rotatable bonds is 2. The first-order valence-electron chi connectivity index (χ1n) is 9.57. The largest absolute Gasteiger partial charge is 0.351 e. The predicted octanol–water partition coefficient (Wildman–Crippen LogP) is 3.04. The minimum atomic E-state index is -0.372. The average molecular weight is 353 g/mol. The molecule has 2 saturated heterocycles. The Balaban J connectivity index is 1.60. The van der Waals surface area contributed by atoms with Gasteiger partial charge >= 0.3 is 0 Å². The fourth-order valence-electron chi connectivity index (χ4n) is 4.68. The Hall–Kier alpha value is -2.30. The smallest absolute Gasteiger partial charge is 0.254 e. The second-order valence-electron chi connectivity index (χ2n) is 8.12. The molecule has 4 rings (SSSR count). The van der Waals surface area contributed by atoms with Crippen LogP contribution >= 0.6 is 0 Å². The third kappa shape index (κ3) is 2.52. The number of carbonyl (C=O) groups is 2. The quantitative estimate of drug-likeness (QED) is 0.833. The highest BCUT2D eigenvalue weighted by Crippen LogP contribution is 2.41. The van der Waals surface area contributed by atoms with Crippen LogP contribution in [0.15, 0.2) is 30.5 Å². The van der Waals surface area contributed by atoms with Crippen molar-refractivity contribution in [1.29, 1.82) is 0 Å². The first kappa shape index (κ1) is 17.1. The third-order valence-electron chi connectivity index (χ3n) is 6.19. The van der Waals surface area contributed by atoms with Gasteiger partial charge in [-0.1, -0.05) is 6.07 Å². The van der Waals surface area contributed by atoms with Gasteiger partial charge in [-0.3, -0.25) is 9.59 Å². The van der Waals surface area contributed by atoms with Crippen molar-refractivity contribution in [2.75, 3.05) is 19.6 Å². The lowest BCUT2D eigenvalue weighted by atomic mass is 9.78. The van der Waals surface area contributed by atoms with Crippen molar-refractivity contribution in [1.82, 2.24) is 14.4 Å². The molecule has 26 heavy (non-hydrogen) atoms. The van der Waals surface area contributed by atoms with Crippen LogP contribution in [0.25, 0.3) is 10.9 Å². The highest BCUT2D eigenvalue weighted by atomic mass is 16.2. The van der Waals surface area contributed by atoms with Crippen molar-refractivity contribution >= 4 is 22.7 Å². The highest BCUT2D eigenvalue weighted by molar-refractivity contribution is 6.07. The molecule has 2 aromatic rings. The Morgan fingerprint density at radius 1 is 1.15 bits per heavy atom. The summed E-state index contributed by atoms with van der Waals surface area (Å²) in [6.07, 6.45) is 4.69. The number of nitrogens with zero attached hydrogens (tertiary/aromatic N) is 3. The molecule has 1 spiro atoms. The fraction of sp³-hybridized carbons (Fsp3) is 0.524. The van der Waals surface area contributed by atoms with Gasteiger partial charge in [-0.2, -0.15) is 0 Å². The van der Waals surface area contributed by atoms with Crippen molar-refractivity contribution in [2.45, 2.75) is 39.2 Å². The van der Waals surface area contributed by atoms with Gasteiger partial charge in [0.2, 0.25) is 5.91 Å². The van der Waals surface area contributed by atoms with Crippen LogP contribution in [0.2, 0.25) is 0 Å². The summed E-state index contributed by atoms with van der Waals surface area (Å²) in [5.74, 6) is 0.292. The molecule has 1 atom stereocenters. The number of hydrogen-bond donors (Lipinski definition) is 0. The second kappa shape index (κ2) is 6.15. The van der Waals surface area contributed by atoms with Gasteiger partial charge in [-0.15, -0.1) is 0 Å². The van der Waals surface area contributed by atoms with Crippen molar-refractivity contribution in [3.63, 3.8) is 0 Å². The Morgan fingerprint density at radius 3 is 2.73 bits per heavy atom. The molecule has 3 heterocycles. The number of benzene rings is 1. The van der Waals surface area contributed by atoms with Gasteiger partial charge in [0.1, 0.15) is 0 Å². The lowest BCUT2D eigenvalue weighted by Crippen LogP contribution is -2.52. The van der Waals surface area contributed by atoms with E-state index in [4.69, 9.17) is 0 Å². The fourth-order valence-corrected chi connectivity index (χ4v) is 4.68. The standard InChI is InChI=1S/C21H27N3O2/c1-15(2)24-11-5-9-21(20(24)26)10-13-23(14-21)19(25)17-6-4-7-18-16(17)8-12-22(18)3/h4,6-8,12,15H,5,9-11,13-14H2,1-3H3/t21-/m0/s1. The molecule has 2 amide bonds. The number of piperidine rings is 1. The zero-order valence-electron chi connectivity index (χ0n) is 15.9. The molecule has 1 aromatic heterocycles. The van der Waals surface area contributed by atoms with E-state index < -0.39 is 0 Å². The van der Waals surface area contributed by atoms with Crippen LogP contribution in [0.3, 0.4) is 0 Å². The molecule has 5 nitrogen and oxygen atoms in total. The van der Waals surface area contributed by atoms with E-state index in [-0.39, 0.29) is 23.3 Å². The van der Waals surface area contributed by atoms with Crippen molar-refractivity contribution in [2.24, 2.45) is 12.5 Å². The molecule has 0 N–H and O–H groups in total. The first-order chi connectivity index (χ1) is 12.4. The maximum Gasteiger partial charge on any atom is 0.254 e. The number of carbonyl (C=O) groups excluding carboxylic acids is 2. The molecular formula is C21H27N3O2. The monoisotopic (exact) mass is 353 g/mol. The zero-order valence-corrected chi connectivity index (χ0v) is 15.9. The van der Waals surface area contributed by atoms with E-state index in [2.05, 4.69) is 13.8 Å². The molecule has 0 bridgehead atoms. The molecule has 0 unspecified atom stereocenters. The molecule has 2 aliphatic heterocycles. The lowest BCUT2D eigenvalue weighted by Gasteiger charge is -2.41. The summed E-state index contributed by atoms with van der Waals surface area (Å²) in [7, 11) is 1.99. The summed E-state index contributed by atoms with van der Waals surface area (Å²) >= 11 is 0. The summed E-state index contributed by atoms with van der Waals surface area (Å²) in [6, 6.07) is 8.10. The number of aryl methyl sites for hydroxylation is 1. The topological polar surface area (TPSA) is 45.5 Å². The average Bonchev–Trinajstić information content (AvgIpc) is 3.22. The van der Waals surface area contributed by atoms with Crippen molar-refractivity contribution in [3.8, 4) is 0 Å². The summed E-state index contributed by atoms with van der Waals surface area (Å²) in [5, 5.41) is 0.986. The Morgan fingerprint density at radius 2 is 1.96 bits per heavy atom. The van der Waals surface area contributed by atoms with Crippen LogP contribution in [-0.2, 0) is 11.8 Å². The van der Waals surface area contributed by atoms with Gasteiger partial charge < -0.3 is 14.4 Å². The highest BCUT2D eigenvalue weighted by Gasteiger charge is 2.49. The van der Waals surface area contributed by atoms with E-state index in [1.165, 1.54) is 0 Å². The van der Waals surface area contributed by atoms with E-state index in [0.717, 1.165) is 42.3 Å². The lowest BCUT2D eigenvalue weighted by molar-refractivity contribution is -0.147. The van der Waals surface area contributed by atoms with Crippen LogP contribution in [0.1, 0.15) is 43.5 Å². The predicted molar refractivity (Wildman–Crippen MR) is 102 cm³/mol. The van der Waals surface area contributed by atoms with Gasteiger partial charge in [-0.05, 0) is 51.3 Å². The van der Waals surface area contributed by atoms with Gasteiger partial charge in [0.25, 0.3) is 5.91 Å². The molecule has 2 aliphatic rings. The van der Waals surface area contributed by atoms with Crippen LogP contribution in [-0.4, -0.2) is 51.9 Å². The maximum atomic E-state index is 13.2. The number of likely N-dealkylation sites (tertiary alicyclic amines) is 2. The SMILES string of the molecule is CC(C)N1CCC[C@@]2(CCN(C(=O)c3cccc4c3ccn4C)C2)C1=O. The second-order valence-corrected chi connectivity index (χ2v) is 8.12. The Kier molecular flexibility index (Phi) is 4.05. The van der Waals surface area contributed by atoms with Crippen LogP contribution in [0.4, 0.5) is 0 Å². The molecule has 5 heteroatoms. The van der Waals surface area contributed by atoms with E-state index in [1.54, 1.807) is 0 Å². The number of aromatic nitrogens is 1. The van der Waals surface area contributed by atoms with Crippen molar-refractivity contribution in [3.05, 3.63) is 36.0 Å². The maximum absolute atomic E-state index is 13.2. The molecule has 0 radical (unpaired) electrons. The molecule has 138 valence electrons. The zero-order chi connectivity index (χ0) is 18.5. The number of hydrogen-bond acceptors (Lipinski definition) is 2. The first-order valence-corrected chi connectivity index (χ1v) is 9.57. The van der Waals surface area contributed by atoms with Crippen LogP contribution in [0, 0.1) is 5.41 Å². The van der Waals surface area contributed by atoms with Crippen molar-refractivity contribution < 1.29 is 9.59 Å². The minimum absolute atomic E-state index is 0.0492. The van der Waals surface area contributed by atoms with E-state index in [9.17, 15) is 9.59 Å². The van der Waals surface area contributed by atoms with Gasteiger partial charge in [-0.25, -0.2) is 0 Å². The number of fused-ring (bicyclic) bond motifs is 1. The summed E-state index contributed by atoms with van der Waals surface area (Å²) < 4.78 is 2.03. The van der Waals surface area contributed by atoms with E-state index >= 15 is 0 Å². The summed E-state index contributed by atoms with van der Waals surface area (Å²) in [6.45, 7) is 6.21. The van der Waals surface area contributed by atoms with Gasteiger partial charge in [0.15, 0.2) is 0 Å². The molecule has 2 fully saturated rings. The van der Waals surface area contributed by atoms with Crippen LogP contribution < -0.4 is 0 Å². The third-order valence-corrected chi connectivity index (χ3v) is 6.19. The Labute approximate surface area is 154 Å². The molecule has 1 aromatic carbocycles. The normalized spacial score (nSPS) is 23.6. The van der Waals surface area contributed by atoms with Gasteiger partial charge in [0.05, 0.1) is 5.41 Å². The van der Waals surface area contributed by atoms with E-state index in [0.29, 0.717) is 13.1 Å². The van der Waals surface area contributed by atoms with Gasteiger partial charge in [0, 0.05) is 55.4 Å².